The number of nitrogens with one attached hydrogen (secondary N) is 1. The van der Waals surface area contributed by atoms with Crippen LogP contribution in [-0.4, -0.2) is 34.6 Å². The number of hydrogen-bond acceptors (Lipinski definition) is 5. The first-order valence-corrected chi connectivity index (χ1v) is 17.8. The monoisotopic (exact) mass is 699 g/mol. The first kappa shape index (κ1) is 34.8. The average molecular weight is 700 g/mol. The van der Waals surface area contributed by atoms with Gasteiger partial charge in [-0.1, -0.05) is 72.8 Å². The molecule has 1 aromatic heterocycles. The Morgan fingerprint density at radius 2 is 1.36 bits per heavy atom. The van der Waals surface area contributed by atoms with Gasteiger partial charge in [-0.05, 0) is 114 Å². The maximum Gasteiger partial charge on any atom is 0.307 e. The molecule has 0 atom stereocenters. The van der Waals surface area contributed by atoms with E-state index in [9.17, 15) is 9.90 Å². The van der Waals surface area contributed by atoms with Gasteiger partial charge in [0.05, 0.1) is 36.7 Å². The van der Waals surface area contributed by atoms with Crippen LogP contribution >= 0.6 is 0 Å². The summed E-state index contributed by atoms with van der Waals surface area (Å²) in [6, 6.07) is 41.0. The van der Waals surface area contributed by atoms with E-state index >= 15 is 0 Å². The summed E-state index contributed by atoms with van der Waals surface area (Å²) in [5, 5.41) is 14.3. The number of aromatic nitrogens is 1. The maximum absolute atomic E-state index is 11.7. The number of rotatable bonds is 12. The lowest BCUT2D eigenvalue weighted by molar-refractivity contribution is -0.136. The number of aliphatic carboxylic acids is 1. The minimum absolute atomic E-state index is 0.150. The molecule has 7 rings (SSSR count). The number of carboxylic acid groups (broad SMARTS) is 1. The molecule has 0 amide bonds. The van der Waals surface area contributed by atoms with Gasteiger partial charge in [-0.3, -0.25) is 4.79 Å². The third-order valence-corrected chi connectivity index (χ3v) is 9.14. The van der Waals surface area contributed by atoms with E-state index in [0.29, 0.717) is 30.2 Å². The quantitative estimate of drug-likeness (QED) is 0.133. The first-order valence-electron chi connectivity index (χ1n) is 17.8. The molecular weight excluding hydrogens is 659 g/mol. The molecule has 7 heteroatoms. The van der Waals surface area contributed by atoms with Crippen LogP contribution in [0.15, 0.2) is 156 Å². The summed E-state index contributed by atoms with van der Waals surface area (Å²) in [6.45, 7) is 5.00. The van der Waals surface area contributed by atoms with E-state index in [1.165, 1.54) is 0 Å². The van der Waals surface area contributed by atoms with Gasteiger partial charge >= 0.3 is 5.97 Å². The fraction of sp³-hybridized carbons (Fsp3) is 0.130. The van der Waals surface area contributed by atoms with Crippen molar-refractivity contribution in [3.63, 3.8) is 0 Å². The Labute approximate surface area is 309 Å². The molecule has 0 aliphatic heterocycles. The number of hydrogen-bond donors (Lipinski definition) is 2. The molecule has 7 nitrogen and oxygen atoms in total. The first-order chi connectivity index (χ1) is 25.9. The topological polar surface area (TPSA) is 85.1 Å². The highest BCUT2D eigenvalue weighted by molar-refractivity contribution is 6.10. The minimum Gasteiger partial charge on any atom is -0.494 e. The van der Waals surface area contributed by atoms with Crippen molar-refractivity contribution in [2.24, 2.45) is 12.0 Å². The Balaban J connectivity index is 1.34. The van der Waals surface area contributed by atoms with Crippen LogP contribution in [0.25, 0.3) is 27.7 Å². The standard InChI is InChI=1S/C46H41N3O4/c1-4-52-38-25-23-36(24-26-38)47-35-19-15-31(16-20-35)44(45-40-13-9-10-14-42(40)49(3)46(45)33-11-7-6-8-12-33)32-17-21-37(22-18-32)48-41-28-27-39(53-5-2)29-34(41)30-43(50)51/h6-29,47H,4-5,30H2,1-3H3,(H,50,51). The molecule has 264 valence electrons. The third-order valence-electron chi connectivity index (χ3n) is 9.14. The molecule has 5 aromatic carbocycles. The van der Waals surface area contributed by atoms with Crippen molar-refractivity contribution in [3.8, 4) is 22.8 Å². The third kappa shape index (κ3) is 7.70. The van der Waals surface area contributed by atoms with E-state index in [1.54, 1.807) is 6.07 Å². The summed E-state index contributed by atoms with van der Waals surface area (Å²) < 4.78 is 13.5. The summed E-state index contributed by atoms with van der Waals surface area (Å²) in [7, 11) is 2.13. The largest absolute Gasteiger partial charge is 0.494 e. The van der Waals surface area contributed by atoms with Crippen molar-refractivity contribution in [1.82, 2.24) is 4.57 Å². The Bertz CT molecular complexity index is 2360. The number of aryl methyl sites for hydroxylation is 1. The number of carboxylic acids is 1. The molecule has 53 heavy (non-hydrogen) atoms. The maximum atomic E-state index is 11.7. The van der Waals surface area contributed by atoms with Crippen LogP contribution in [0.1, 0.15) is 30.5 Å². The van der Waals surface area contributed by atoms with Crippen LogP contribution < -0.4 is 14.8 Å². The van der Waals surface area contributed by atoms with Crippen molar-refractivity contribution in [3.05, 3.63) is 168 Å². The summed E-state index contributed by atoms with van der Waals surface area (Å²) in [5.41, 5.74) is 11.6. The zero-order valence-electron chi connectivity index (χ0n) is 30.0. The van der Waals surface area contributed by atoms with Crippen molar-refractivity contribution in [2.45, 2.75) is 20.3 Å². The number of ether oxygens (including phenoxy) is 2. The lowest BCUT2D eigenvalue weighted by Gasteiger charge is -2.17. The fourth-order valence-corrected chi connectivity index (χ4v) is 6.80. The number of anilines is 2. The second kappa shape index (κ2) is 15.7. The number of aliphatic imine (C=N–C) groups is 1. The van der Waals surface area contributed by atoms with Crippen LogP contribution in [0, 0.1) is 0 Å². The molecular formula is C46H41N3O4. The molecule has 0 unspecified atom stereocenters. The number of carbonyl (C=O) groups is 1. The minimum atomic E-state index is -0.922. The predicted molar refractivity (Wildman–Crippen MR) is 216 cm³/mol. The average Bonchev–Trinajstić information content (AvgIpc) is 3.46. The molecule has 1 heterocycles. The van der Waals surface area contributed by atoms with Gasteiger partial charge in [0.15, 0.2) is 0 Å². The van der Waals surface area contributed by atoms with E-state index in [-0.39, 0.29) is 6.42 Å². The van der Waals surface area contributed by atoms with E-state index in [2.05, 4.69) is 102 Å². The molecule has 1 aliphatic rings. The second-order valence-electron chi connectivity index (χ2n) is 12.7. The molecule has 1 aliphatic carbocycles. The normalized spacial score (nSPS) is 12.2. The van der Waals surface area contributed by atoms with Gasteiger partial charge in [0.2, 0.25) is 0 Å². The van der Waals surface area contributed by atoms with Gasteiger partial charge < -0.3 is 24.5 Å². The Kier molecular flexibility index (Phi) is 10.3. The molecule has 0 radical (unpaired) electrons. The molecule has 0 saturated carbocycles. The summed E-state index contributed by atoms with van der Waals surface area (Å²) in [4.78, 5) is 16.6. The molecule has 0 bridgehead atoms. The van der Waals surface area contributed by atoms with Gasteiger partial charge in [0.1, 0.15) is 11.5 Å². The van der Waals surface area contributed by atoms with Crippen molar-refractivity contribution in [2.75, 3.05) is 18.5 Å². The van der Waals surface area contributed by atoms with Crippen molar-refractivity contribution < 1.29 is 19.4 Å². The second-order valence-corrected chi connectivity index (χ2v) is 12.7. The van der Waals surface area contributed by atoms with Gasteiger partial charge in [-0.15, -0.1) is 0 Å². The lowest BCUT2D eigenvalue weighted by atomic mass is 9.87. The number of fused-ring (bicyclic) bond motifs is 1. The van der Waals surface area contributed by atoms with Crippen molar-refractivity contribution >= 4 is 45.2 Å². The molecule has 0 spiro atoms. The van der Waals surface area contributed by atoms with Gasteiger partial charge in [0, 0.05) is 34.9 Å². The molecule has 0 saturated heterocycles. The van der Waals surface area contributed by atoms with Gasteiger partial charge in [-0.2, -0.15) is 0 Å². The zero-order valence-corrected chi connectivity index (χ0v) is 30.0. The van der Waals surface area contributed by atoms with Crippen LogP contribution in [-0.2, 0) is 18.3 Å². The highest BCUT2D eigenvalue weighted by atomic mass is 16.5. The van der Waals surface area contributed by atoms with E-state index in [1.807, 2.05) is 68.5 Å². The number of para-hydroxylation sites is 1. The Morgan fingerprint density at radius 1 is 0.736 bits per heavy atom. The van der Waals surface area contributed by atoms with Crippen LogP contribution in [0.2, 0.25) is 0 Å². The fourth-order valence-electron chi connectivity index (χ4n) is 6.80. The SMILES string of the molecule is CCOc1ccc(Nc2ccc(C(=C3C=CC(=Nc4ccc(OCC)cc4CC(=O)O)C=C3)c3c(-c4ccccc4)n(C)c4ccccc34)cc2)cc1. The number of nitrogens with zero attached hydrogens (tertiary/aromatic N) is 2. The van der Waals surface area contributed by atoms with E-state index in [0.717, 1.165) is 67.3 Å². The molecule has 2 N–H and O–H groups in total. The summed E-state index contributed by atoms with van der Waals surface area (Å²) in [6.07, 6.45) is 8.03. The summed E-state index contributed by atoms with van der Waals surface area (Å²) >= 11 is 0. The number of allylic oxidation sites excluding steroid dienone is 5. The van der Waals surface area contributed by atoms with Gasteiger partial charge in [-0.25, -0.2) is 4.99 Å². The lowest BCUT2D eigenvalue weighted by Crippen LogP contribution is -2.03. The van der Waals surface area contributed by atoms with Crippen molar-refractivity contribution in [1.29, 1.82) is 0 Å². The molecule has 0 fully saturated rings. The highest BCUT2D eigenvalue weighted by Gasteiger charge is 2.23. The number of benzene rings is 5. The smallest absolute Gasteiger partial charge is 0.307 e. The van der Waals surface area contributed by atoms with Gasteiger partial charge in [0.25, 0.3) is 0 Å². The van der Waals surface area contributed by atoms with Crippen LogP contribution in [0.3, 0.4) is 0 Å². The Morgan fingerprint density at radius 3 is 2.04 bits per heavy atom. The van der Waals surface area contributed by atoms with Crippen LogP contribution in [0.5, 0.6) is 11.5 Å². The predicted octanol–water partition coefficient (Wildman–Crippen LogP) is 10.7. The van der Waals surface area contributed by atoms with Crippen LogP contribution in [0.4, 0.5) is 17.1 Å². The van der Waals surface area contributed by atoms with E-state index < -0.39 is 5.97 Å². The molecule has 6 aromatic rings. The Hall–Kier alpha value is -6.60. The zero-order chi connectivity index (χ0) is 36.7. The van der Waals surface area contributed by atoms with E-state index in [4.69, 9.17) is 14.5 Å². The summed E-state index contributed by atoms with van der Waals surface area (Å²) in [5.74, 6) is 0.549. The highest BCUT2D eigenvalue weighted by Crippen LogP contribution is 2.43.